The van der Waals surface area contributed by atoms with Crippen molar-refractivity contribution in [2.45, 2.75) is 27.7 Å². The van der Waals surface area contributed by atoms with Crippen LogP contribution >= 0.6 is 0 Å². The highest BCUT2D eigenvalue weighted by atomic mass is 16.2. The summed E-state index contributed by atoms with van der Waals surface area (Å²) in [6.45, 7) is 7.14. The molecule has 29 heavy (non-hydrogen) atoms. The second-order valence-corrected chi connectivity index (χ2v) is 6.85. The predicted molar refractivity (Wildman–Crippen MR) is 115 cm³/mol. The number of hydrogen-bond acceptors (Lipinski definition) is 5. The molecule has 0 bridgehead atoms. The van der Waals surface area contributed by atoms with Gasteiger partial charge in [-0.1, -0.05) is 12.1 Å². The standard InChI is InChI=1S/C22H23N5O2/c1-13-8-9-19(25-16(4)28)12-20(13)27-21(29)17-6-5-7-18(11-17)26-22-23-14(2)10-15(3)24-22/h5-12H,1-4H3,(H,25,28)(H,27,29)(H,23,24,26). The van der Waals surface area contributed by atoms with Gasteiger partial charge in [-0.2, -0.15) is 0 Å². The van der Waals surface area contributed by atoms with Crippen molar-refractivity contribution in [1.82, 2.24) is 9.97 Å². The minimum Gasteiger partial charge on any atom is -0.326 e. The van der Waals surface area contributed by atoms with E-state index in [1.54, 1.807) is 30.3 Å². The number of nitrogens with one attached hydrogen (secondary N) is 3. The lowest BCUT2D eigenvalue weighted by Crippen LogP contribution is -2.14. The van der Waals surface area contributed by atoms with E-state index in [-0.39, 0.29) is 11.8 Å². The number of rotatable bonds is 5. The van der Waals surface area contributed by atoms with Crippen LogP contribution in [0.2, 0.25) is 0 Å². The second-order valence-electron chi connectivity index (χ2n) is 6.85. The van der Waals surface area contributed by atoms with Gasteiger partial charge >= 0.3 is 0 Å². The molecule has 0 aliphatic rings. The van der Waals surface area contributed by atoms with Crippen LogP contribution in [0.4, 0.5) is 23.0 Å². The molecule has 2 amide bonds. The Balaban J connectivity index is 1.78. The number of anilines is 4. The lowest BCUT2D eigenvalue weighted by Gasteiger charge is -2.12. The smallest absolute Gasteiger partial charge is 0.255 e. The van der Waals surface area contributed by atoms with Gasteiger partial charge in [0, 0.05) is 40.9 Å². The van der Waals surface area contributed by atoms with Crippen molar-refractivity contribution >= 4 is 34.8 Å². The fraction of sp³-hybridized carbons (Fsp3) is 0.182. The molecule has 3 rings (SSSR count). The molecular weight excluding hydrogens is 366 g/mol. The maximum Gasteiger partial charge on any atom is 0.255 e. The number of carbonyl (C=O) groups is 2. The Morgan fingerprint density at radius 2 is 1.55 bits per heavy atom. The van der Waals surface area contributed by atoms with Crippen molar-refractivity contribution < 1.29 is 9.59 Å². The van der Waals surface area contributed by atoms with Gasteiger partial charge < -0.3 is 16.0 Å². The molecule has 7 heteroatoms. The second kappa shape index (κ2) is 8.52. The zero-order valence-electron chi connectivity index (χ0n) is 16.8. The first-order valence-electron chi connectivity index (χ1n) is 9.19. The van der Waals surface area contributed by atoms with Gasteiger partial charge in [0.1, 0.15) is 0 Å². The molecule has 0 aliphatic carbocycles. The summed E-state index contributed by atoms with van der Waals surface area (Å²) in [6.07, 6.45) is 0. The zero-order chi connectivity index (χ0) is 21.0. The fourth-order valence-corrected chi connectivity index (χ4v) is 2.88. The summed E-state index contributed by atoms with van der Waals surface area (Å²) in [5, 5.41) is 8.75. The molecule has 0 radical (unpaired) electrons. The maximum absolute atomic E-state index is 12.8. The van der Waals surface area contributed by atoms with Crippen molar-refractivity contribution in [1.29, 1.82) is 0 Å². The highest BCUT2D eigenvalue weighted by Gasteiger charge is 2.10. The molecule has 7 nitrogen and oxygen atoms in total. The average Bonchev–Trinajstić information content (AvgIpc) is 2.63. The molecule has 148 valence electrons. The Morgan fingerprint density at radius 1 is 0.828 bits per heavy atom. The van der Waals surface area contributed by atoms with E-state index in [2.05, 4.69) is 25.9 Å². The lowest BCUT2D eigenvalue weighted by molar-refractivity contribution is -0.114. The van der Waals surface area contributed by atoms with Crippen molar-refractivity contribution in [3.8, 4) is 0 Å². The Morgan fingerprint density at radius 3 is 2.24 bits per heavy atom. The van der Waals surface area contributed by atoms with Crippen molar-refractivity contribution in [2.75, 3.05) is 16.0 Å². The number of hydrogen-bond donors (Lipinski definition) is 3. The predicted octanol–water partition coefficient (Wildman–Crippen LogP) is 4.36. The first-order valence-corrected chi connectivity index (χ1v) is 9.19. The van der Waals surface area contributed by atoms with Crippen molar-refractivity contribution in [3.05, 3.63) is 71.0 Å². The van der Waals surface area contributed by atoms with Crippen LogP contribution in [0.1, 0.15) is 34.2 Å². The normalized spacial score (nSPS) is 10.3. The molecule has 3 aromatic rings. The van der Waals surface area contributed by atoms with Crippen molar-refractivity contribution in [3.63, 3.8) is 0 Å². The first kappa shape index (κ1) is 20.0. The van der Waals surface area contributed by atoms with Crippen LogP contribution in [0.15, 0.2) is 48.5 Å². The van der Waals surface area contributed by atoms with Crippen LogP contribution in [0, 0.1) is 20.8 Å². The van der Waals surface area contributed by atoms with Gasteiger partial charge in [-0.15, -0.1) is 0 Å². The SMILES string of the molecule is CC(=O)Nc1ccc(C)c(NC(=O)c2cccc(Nc3nc(C)cc(C)n3)c2)c1. The third-order valence-electron chi connectivity index (χ3n) is 4.17. The minimum atomic E-state index is -0.252. The van der Waals surface area contributed by atoms with Gasteiger partial charge in [0.2, 0.25) is 11.9 Å². The summed E-state index contributed by atoms with van der Waals surface area (Å²) >= 11 is 0. The summed E-state index contributed by atoms with van der Waals surface area (Å²) in [4.78, 5) is 32.7. The monoisotopic (exact) mass is 389 g/mol. The third kappa shape index (κ3) is 5.38. The average molecular weight is 389 g/mol. The summed E-state index contributed by atoms with van der Waals surface area (Å²) in [5.41, 5.74) is 5.09. The Hall–Kier alpha value is -3.74. The molecule has 0 saturated heterocycles. The molecule has 3 N–H and O–H groups in total. The lowest BCUT2D eigenvalue weighted by atomic mass is 10.1. The zero-order valence-corrected chi connectivity index (χ0v) is 16.8. The third-order valence-corrected chi connectivity index (χ3v) is 4.17. The van der Waals surface area contributed by atoms with Crippen LogP contribution in [0.5, 0.6) is 0 Å². The van der Waals surface area contributed by atoms with E-state index < -0.39 is 0 Å². The van der Waals surface area contributed by atoms with Crippen LogP contribution in [-0.4, -0.2) is 21.8 Å². The number of nitrogens with zero attached hydrogens (tertiary/aromatic N) is 2. The molecule has 0 saturated carbocycles. The molecule has 0 unspecified atom stereocenters. The summed E-state index contributed by atoms with van der Waals surface area (Å²) in [6, 6.07) is 14.4. The van der Waals surface area contributed by atoms with E-state index in [0.717, 1.165) is 17.0 Å². The quantitative estimate of drug-likeness (QED) is 0.603. The summed E-state index contributed by atoms with van der Waals surface area (Å²) < 4.78 is 0. The summed E-state index contributed by atoms with van der Waals surface area (Å²) in [5.74, 6) is 0.0653. The fourth-order valence-electron chi connectivity index (χ4n) is 2.88. The number of aryl methyl sites for hydroxylation is 3. The highest BCUT2D eigenvalue weighted by Crippen LogP contribution is 2.22. The van der Waals surface area contributed by atoms with Gasteiger partial charge in [-0.3, -0.25) is 9.59 Å². The molecule has 2 aromatic carbocycles. The van der Waals surface area contributed by atoms with Gasteiger partial charge in [-0.05, 0) is 62.7 Å². The molecule has 0 fully saturated rings. The number of amides is 2. The van der Waals surface area contributed by atoms with E-state index in [0.29, 0.717) is 28.6 Å². The summed E-state index contributed by atoms with van der Waals surface area (Å²) in [7, 11) is 0. The minimum absolute atomic E-state index is 0.168. The molecule has 1 heterocycles. The van der Waals surface area contributed by atoms with E-state index >= 15 is 0 Å². The molecule has 0 spiro atoms. The van der Waals surface area contributed by atoms with Crippen molar-refractivity contribution in [2.24, 2.45) is 0 Å². The number of carbonyl (C=O) groups excluding carboxylic acids is 2. The largest absolute Gasteiger partial charge is 0.326 e. The number of benzene rings is 2. The first-order chi connectivity index (χ1) is 13.8. The van der Waals surface area contributed by atoms with Gasteiger partial charge in [0.15, 0.2) is 0 Å². The van der Waals surface area contributed by atoms with Crippen LogP contribution in [0.3, 0.4) is 0 Å². The molecule has 0 atom stereocenters. The van der Waals surface area contributed by atoms with E-state index in [4.69, 9.17) is 0 Å². The van der Waals surface area contributed by atoms with Crippen LogP contribution < -0.4 is 16.0 Å². The van der Waals surface area contributed by atoms with E-state index in [1.807, 2.05) is 39.0 Å². The van der Waals surface area contributed by atoms with E-state index in [1.165, 1.54) is 6.92 Å². The van der Waals surface area contributed by atoms with Crippen LogP contribution in [0.25, 0.3) is 0 Å². The Labute approximate surface area is 169 Å². The highest BCUT2D eigenvalue weighted by molar-refractivity contribution is 6.05. The van der Waals surface area contributed by atoms with Gasteiger partial charge in [0.25, 0.3) is 5.91 Å². The molecule has 1 aromatic heterocycles. The Kier molecular flexibility index (Phi) is 5.87. The maximum atomic E-state index is 12.8. The van der Waals surface area contributed by atoms with Gasteiger partial charge in [0.05, 0.1) is 0 Å². The number of aromatic nitrogens is 2. The van der Waals surface area contributed by atoms with Gasteiger partial charge in [-0.25, -0.2) is 9.97 Å². The van der Waals surface area contributed by atoms with Crippen LogP contribution in [-0.2, 0) is 4.79 Å². The molecule has 0 aliphatic heterocycles. The van der Waals surface area contributed by atoms with E-state index in [9.17, 15) is 9.59 Å². The molecular formula is C22H23N5O2. The Bertz CT molecular complexity index is 1060. The topological polar surface area (TPSA) is 96.0 Å².